The van der Waals surface area contributed by atoms with E-state index >= 15 is 0 Å². The van der Waals surface area contributed by atoms with E-state index in [0.29, 0.717) is 17.1 Å². The van der Waals surface area contributed by atoms with Crippen molar-refractivity contribution in [3.8, 4) is 22.8 Å². The molecule has 0 spiro atoms. The Balaban J connectivity index is 1.73. The molecule has 34 heavy (non-hydrogen) atoms. The normalized spacial score (nSPS) is 17.1. The summed E-state index contributed by atoms with van der Waals surface area (Å²) in [6.07, 6.45) is 7.43. The van der Waals surface area contributed by atoms with Crippen molar-refractivity contribution < 1.29 is 22.3 Å². The lowest BCUT2D eigenvalue weighted by Gasteiger charge is -2.16. The molecule has 0 aliphatic carbocycles. The van der Waals surface area contributed by atoms with Crippen molar-refractivity contribution in [2.45, 2.75) is 18.8 Å². The lowest BCUT2D eigenvalue weighted by molar-refractivity contribution is -0.172. The molecular formula is C22H20F4N6O2. The quantitative estimate of drug-likeness (QED) is 0.400. The second kappa shape index (κ2) is 8.43. The molecule has 0 N–H and O–H groups in total. The van der Waals surface area contributed by atoms with E-state index in [4.69, 9.17) is 4.74 Å². The molecule has 1 aliphatic rings. The second-order valence-electron chi connectivity index (χ2n) is 7.63. The predicted octanol–water partition coefficient (Wildman–Crippen LogP) is 3.64. The zero-order valence-electron chi connectivity index (χ0n) is 18.3. The highest BCUT2D eigenvalue weighted by Crippen LogP contribution is 2.42. The van der Waals surface area contributed by atoms with Gasteiger partial charge < -0.3 is 9.64 Å². The first-order valence-corrected chi connectivity index (χ1v) is 10.1. The number of ether oxygens (including phenoxy) is 1. The molecule has 178 valence electrons. The lowest BCUT2D eigenvalue weighted by atomic mass is 10.2. The van der Waals surface area contributed by atoms with Gasteiger partial charge in [-0.3, -0.25) is 4.79 Å². The number of hydrogen-bond acceptors (Lipinski definition) is 6. The number of pyridine rings is 1. The highest BCUT2D eigenvalue weighted by molar-refractivity contribution is 5.62. The number of rotatable bonds is 6. The number of anilines is 1. The van der Waals surface area contributed by atoms with Gasteiger partial charge in [0.2, 0.25) is 0 Å². The average Bonchev–Trinajstić information content (AvgIpc) is 3.36. The van der Waals surface area contributed by atoms with Gasteiger partial charge in [0.15, 0.2) is 11.4 Å². The third-order valence-electron chi connectivity index (χ3n) is 5.32. The number of methoxy groups -OCH3 is 1. The number of alkyl halides is 4. The van der Waals surface area contributed by atoms with Crippen LogP contribution in [0.15, 0.2) is 60.3 Å². The Morgan fingerprint density at radius 1 is 1.18 bits per heavy atom. The van der Waals surface area contributed by atoms with Crippen molar-refractivity contribution in [3.63, 3.8) is 0 Å². The Morgan fingerprint density at radius 2 is 1.88 bits per heavy atom. The molecule has 0 unspecified atom stereocenters. The van der Waals surface area contributed by atoms with Crippen LogP contribution in [0.3, 0.4) is 0 Å². The Kier molecular flexibility index (Phi) is 5.75. The van der Waals surface area contributed by atoms with Gasteiger partial charge in [0, 0.05) is 5.70 Å². The summed E-state index contributed by atoms with van der Waals surface area (Å²) in [6, 6.07) is 4.42. The molecule has 12 heteroatoms. The van der Waals surface area contributed by atoms with Gasteiger partial charge in [0.25, 0.3) is 5.43 Å². The Bertz CT molecular complexity index is 1300. The summed E-state index contributed by atoms with van der Waals surface area (Å²) >= 11 is 0. The third-order valence-corrected chi connectivity index (χ3v) is 5.32. The summed E-state index contributed by atoms with van der Waals surface area (Å²) in [4.78, 5) is 17.8. The summed E-state index contributed by atoms with van der Waals surface area (Å²) in [7, 11) is 1.33. The molecule has 4 heterocycles. The topological polar surface area (TPSA) is 78.1 Å². The largest absolute Gasteiger partial charge is 0.491 e. The Morgan fingerprint density at radius 3 is 2.47 bits per heavy atom. The minimum absolute atomic E-state index is 0.00833. The smallest absolute Gasteiger partial charge is 0.329 e. The standard InChI is InChI=1S/C22H20F4N6O2/c1-4-5-14(2)32-16(8-9-28-32)19-20(33)17(34-3)11-31(29-19)15-6-7-18(27-10-15)30-12-21(23,24)22(25,26)13-30/h4-11H,1,12-13H2,2-3H3/b14-5+. The molecule has 0 radical (unpaired) electrons. The van der Waals surface area contributed by atoms with E-state index in [0.717, 1.165) is 4.90 Å². The van der Waals surface area contributed by atoms with Crippen LogP contribution >= 0.6 is 0 Å². The minimum Gasteiger partial charge on any atom is -0.491 e. The van der Waals surface area contributed by atoms with Crippen LogP contribution in [0.2, 0.25) is 0 Å². The molecule has 0 bridgehead atoms. The van der Waals surface area contributed by atoms with Crippen LogP contribution in [0.5, 0.6) is 5.75 Å². The molecule has 3 aromatic rings. The molecule has 3 aromatic heterocycles. The predicted molar refractivity (Wildman–Crippen MR) is 118 cm³/mol. The maximum Gasteiger partial charge on any atom is 0.329 e. The summed E-state index contributed by atoms with van der Waals surface area (Å²) in [6.45, 7) is 3.16. The maximum absolute atomic E-state index is 13.5. The molecule has 0 aromatic carbocycles. The van der Waals surface area contributed by atoms with Crippen LogP contribution in [-0.4, -0.2) is 56.6 Å². The summed E-state index contributed by atoms with van der Waals surface area (Å²) in [5, 5.41) is 8.61. The number of nitrogens with zero attached hydrogens (tertiary/aromatic N) is 6. The minimum atomic E-state index is -4.14. The van der Waals surface area contributed by atoms with E-state index in [2.05, 4.69) is 21.8 Å². The van der Waals surface area contributed by atoms with Gasteiger partial charge in [0.05, 0.1) is 50.2 Å². The fourth-order valence-corrected chi connectivity index (χ4v) is 3.55. The lowest BCUT2D eigenvalue weighted by Crippen LogP contribution is -2.38. The van der Waals surface area contributed by atoms with Crippen molar-refractivity contribution in [3.05, 3.63) is 65.7 Å². The molecule has 1 aliphatic heterocycles. The zero-order valence-corrected chi connectivity index (χ0v) is 18.3. The van der Waals surface area contributed by atoms with E-state index < -0.39 is 30.4 Å². The van der Waals surface area contributed by atoms with Gasteiger partial charge in [-0.15, -0.1) is 0 Å². The van der Waals surface area contributed by atoms with Crippen molar-refractivity contribution >= 4 is 11.5 Å². The van der Waals surface area contributed by atoms with Gasteiger partial charge in [-0.25, -0.2) is 14.3 Å². The Labute approximate surface area is 191 Å². The first kappa shape index (κ1) is 23.2. The van der Waals surface area contributed by atoms with E-state index in [1.165, 1.54) is 47.2 Å². The van der Waals surface area contributed by atoms with Crippen molar-refractivity contribution in [1.29, 1.82) is 0 Å². The van der Waals surface area contributed by atoms with Crippen LogP contribution < -0.4 is 15.1 Å². The number of halogens is 4. The molecule has 0 atom stereocenters. The van der Waals surface area contributed by atoms with Gasteiger partial charge in [-0.1, -0.05) is 12.7 Å². The highest BCUT2D eigenvalue weighted by atomic mass is 19.3. The van der Waals surface area contributed by atoms with E-state index in [1.54, 1.807) is 25.1 Å². The van der Waals surface area contributed by atoms with Gasteiger partial charge >= 0.3 is 11.8 Å². The first-order chi connectivity index (χ1) is 16.1. The SMILES string of the molecule is C=C/C=C(\C)n1nccc1-c1nn(-c2ccc(N3CC(F)(F)C(F)(F)C3)nc2)cc(OC)c1=O. The van der Waals surface area contributed by atoms with Gasteiger partial charge in [0.1, 0.15) is 5.82 Å². The van der Waals surface area contributed by atoms with Crippen molar-refractivity contribution in [2.24, 2.45) is 0 Å². The monoisotopic (exact) mass is 476 g/mol. The zero-order chi connectivity index (χ0) is 24.7. The van der Waals surface area contributed by atoms with Crippen LogP contribution in [0.25, 0.3) is 22.8 Å². The van der Waals surface area contributed by atoms with Crippen LogP contribution in [0.4, 0.5) is 23.4 Å². The fourth-order valence-electron chi connectivity index (χ4n) is 3.55. The van der Waals surface area contributed by atoms with Crippen LogP contribution in [0.1, 0.15) is 6.92 Å². The van der Waals surface area contributed by atoms with Crippen LogP contribution in [0, 0.1) is 0 Å². The highest BCUT2D eigenvalue weighted by Gasteiger charge is 2.63. The Hall–Kier alpha value is -3.96. The van der Waals surface area contributed by atoms with Crippen LogP contribution in [-0.2, 0) is 0 Å². The van der Waals surface area contributed by atoms with Gasteiger partial charge in [-0.2, -0.15) is 27.8 Å². The summed E-state index contributed by atoms with van der Waals surface area (Å²) < 4.78 is 62.2. The molecule has 4 rings (SSSR count). The summed E-state index contributed by atoms with van der Waals surface area (Å²) in [5.74, 6) is -8.32. The number of hydrogen-bond donors (Lipinski definition) is 0. The maximum atomic E-state index is 13.5. The average molecular weight is 476 g/mol. The molecule has 8 nitrogen and oxygen atoms in total. The number of aromatic nitrogens is 5. The number of allylic oxidation sites excluding steroid dienone is 3. The van der Waals surface area contributed by atoms with E-state index in [9.17, 15) is 22.4 Å². The van der Waals surface area contributed by atoms with Gasteiger partial charge in [-0.05, 0) is 31.2 Å². The molecule has 1 fully saturated rings. The van der Waals surface area contributed by atoms with E-state index in [-0.39, 0.29) is 17.3 Å². The first-order valence-electron chi connectivity index (χ1n) is 10.1. The molecular weight excluding hydrogens is 456 g/mol. The fraction of sp³-hybridized carbons (Fsp3) is 0.273. The second-order valence-corrected chi connectivity index (χ2v) is 7.63. The summed E-state index contributed by atoms with van der Waals surface area (Å²) in [5.41, 5.74) is 1.01. The molecule has 0 amide bonds. The third kappa shape index (κ3) is 3.95. The molecule has 1 saturated heterocycles. The molecule has 0 saturated carbocycles. The van der Waals surface area contributed by atoms with Crippen molar-refractivity contribution in [1.82, 2.24) is 24.5 Å². The van der Waals surface area contributed by atoms with E-state index in [1.807, 2.05) is 0 Å². The van der Waals surface area contributed by atoms with Crippen molar-refractivity contribution in [2.75, 3.05) is 25.1 Å².